The Labute approximate surface area is 300 Å². The van der Waals surface area contributed by atoms with Gasteiger partial charge in [0.2, 0.25) is 0 Å². The van der Waals surface area contributed by atoms with Gasteiger partial charge in [-0.3, -0.25) is 0 Å². The Morgan fingerprint density at radius 1 is 0.549 bits per heavy atom. The van der Waals surface area contributed by atoms with Crippen LogP contribution in [0.5, 0.6) is 0 Å². The van der Waals surface area contributed by atoms with Crippen molar-refractivity contribution < 1.29 is 0 Å². The number of fused-ring (bicyclic) bond motifs is 3. The lowest BCUT2D eigenvalue weighted by atomic mass is 9.41. The fourth-order valence-electron chi connectivity index (χ4n) is 10.9. The van der Waals surface area contributed by atoms with Crippen LogP contribution < -0.4 is 16.4 Å². The van der Waals surface area contributed by atoms with E-state index in [4.69, 9.17) is 11.5 Å². The van der Waals surface area contributed by atoms with E-state index in [0.717, 1.165) is 28.3 Å². The van der Waals surface area contributed by atoms with E-state index in [1.807, 2.05) is 24.3 Å². The lowest BCUT2D eigenvalue weighted by Crippen LogP contribution is -2.57. The van der Waals surface area contributed by atoms with Gasteiger partial charge in [-0.2, -0.15) is 0 Å². The lowest BCUT2D eigenvalue weighted by Gasteiger charge is -2.64. The first-order chi connectivity index (χ1) is 25.1. The van der Waals surface area contributed by atoms with Crippen LogP contribution in [0.4, 0.5) is 17.1 Å². The van der Waals surface area contributed by atoms with Crippen molar-refractivity contribution >= 4 is 39.2 Å². The Morgan fingerprint density at radius 2 is 1.18 bits per heavy atom. The highest BCUT2D eigenvalue weighted by Gasteiger charge is 2.61. The number of para-hydroxylation sites is 2. The number of rotatable bonds is 5. The molecule has 0 amide bonds. The quantitative estimate of drug-likeness (QED) is 0.181. The van der Waals surface area contributed by atoms with Gasteiger partial charge in [-0.25, -0.2) is 0 Å². The molecule has 4 aliphatic carbocycles. The summed E-state index contributed by atoms with van der Waals surface area (Å²) >= 11 is 0. The van der Waals surface area contributed by atoms with Gasteiger partial charge in [-0.05, 0) is 131 Å². The molecule has 1 spiro atoms. The Bertz CT molecular complexity index is 2320. The molecule has 1 heterocycles. The van der Waals surface area contributed by atoms with E-state index in [9.17, 15) is 0 Å². The third-order valence-corrected chi connectivity index (χ3v) is 12.8. The zero-order valence-electron chi connectivity index (χ0n) is 28.9. The molecule has 5 aliphatic rings. The maximum atomic E-state index is 6.63. The monoisotopic (exact) mass is 661 g/mol. The standard InChI is InChI=1S/C48H43N3/c49-44(23-24-45(50)41-14-8-10-34-9-4-5-13-40(34)41)35-19-17-33(18-20-35)36-21-22-43-47(30-36)51(39-11-2-1-3-12-39)46-16-7-6-15-42(46)48(43)37-26-31-25-32(28-37)29-38(48)27-31/h1-24,30-32,37-38H,25-29,49-50H2/b44-23-,45-24-. The van der Waals surface area contributed by atoms with Gasteiger partial charge in [0.25, 0.3) is 0 Å². The third-order valence-electron chi connectivity index (χ3n) is 12.8. The van der Waals surface area contributed by atoms with Crippen LogP contribution in [0.3, 0.4) is 0 Å². The molecule has 0 aromatic heterocycles. The molecule has 6 aromatic rings. The largest absolute Gasteiger partial charge is 0.398 e. The zero-order valence-corrected chi connectivity index (χ0v) is 28.9. The van der Waals surface area contributed by atoms with E-state index in [0.29, 0.717) is 23.2 Å². The van der Waals surface area contributed by atoms with Gasteiger partial charge in [0.15, 0.2) is 0 Å². The molecule has 3 nitrogen and oxygen atoms in total. The van der Waals surface area contributed by atoms with Gasteiger partial charge in [-0.1, -0.05) is 115 Å². The smallest absolute Gasteiger partial charge is 0.0509 e. The third kappa shape index (κ3) is 4.71. The molecular weight excluding hydrogens is 619 g/mol. The van der Waals surface area contributed by atoms with E-state index in [2.05, 4.69) is 132 Å². The summed E-state index contributed by atoms with van der Waals surface area (Å²) < 4.78 is 0. The highest BCUT2D eigenvalue weighted by molar-refractivity contribution is 5.94. The highest BCUT2D eigenvalue weighted by atomic mass is 15.2. The van der Waals surface area contributed by atoms with Gasteiger partial charge in [0.05, 0.1) is 11.4 Å². The van der Waals surface area contributed by atoms with Crippen molar-refractivity contribution in [3.63, 3.8) is 0 Å². The van der Waals surface area contributed by atoms with Crippen LogP contribution in [0.2, 0.25) is 0 Å². The van der Waals surface area contributed by atoms with E-state index in [1.165, 1.54) is 71.2 Å². The van der Waals surface area contributed by atoms with Crippen LogP contribution in [0, 0.1) is 23.7 Å². The zero-order chi connectivity index (χ0) is 34.1. The molecule has 250 valence electrons. The molecule has 51 heavy (non-hydrogen) atoms. The number of allylic oxidation sites excluding steroid dienone is 2. The lowest BCUT2D eigenvalue weighted by molar-refractivity contribution is -0.0419. The molecule has 4 saturated carbocycles. The maximum absolute atomic E-state index is 6.63. The minimum absolute atomic E-state index is 0.0770. The van der Waals surface area contributed by atoms with Gasteiger partial charge in [-0.15, -0.1) is 0 Å². The number of anilines is 3. The van der Waals surface area contributed by atoms with Crippen LogP contribution in [-0.2, 0) is 5.41 Å². The second-order valence-electron chi connectivity index (χ2n) is 15.4. The van der Waals surface area contributed by atoms with E-state index >= 15 is 0 Å². The minimum atomic E-state index is 0.0770. The molecule has 0 saturated heterocycles. The first-order valence-electron chi connectivity index (χ1n) is 18.7. The molecule has 4 bridgehead atoms. The molecular formula is C48H43N3. The molecule has 4 fully saturated rings. The molecule has 0 atom stereocenters. The first kappa shape index (κ1) is 30.3. The molecule has 0 unspecified atom stereocenters. The van der Waals surface area contributed by atoms with Crippen LogP contribution >= 0.6 is 0 Å². The van der Waals surface area contributed by atoms with Crippen LogP contribution in [-0.4, -0.2) is 0 Å². The summed E-state index contributed by atoms with van der Waals surface area (Å²) in [6.45, 7) is 0. The predicted molar refractivity (Wildman–Crippen MR) is 213 cm³/mol. The summed E-state index contributed by atoms with van der Waals surface area (Å²) in [7, 11) is 0. The summed E-state index contributed by atoms with van der Waals surface area (Å²) in [5, 5.41) is 2.31. The second-order valence-corrected chi connectivity index (χ2v) is 15.4. The highest BCUT2D eigenvalue weighted by Crippen LogP contribution is 2.69. The van der Waals surface area contributed by atoms with Crippen molar-refractivity contribution in [3.05, 3.63) is 174 Å². The van der Waals surface area contributed by atoms with Gasteiger partial charge >= 0.3 is 0 Å². The van der Waals surface area contributed by atoms with Gasteiger partial charge in [0, 0.05) is 28.1 Å². The molecule has 0 radical (unpaired) electrons. The van der Waals surface area contributed by atoms with Gasteiger partial charge in [0.1, 0.15) is 0 Å². The second kappa shape index (κ2) is 11.8. The van der Waals surface area contributed by atoms with Crippen LogP contribution in [0.1, 0.15) is 54.4 Å². The van der Waals surface area contributed by atoms with Crippen molar-refractivity contribution in [1.29, 1.82) is 0 Å². The van der Waals surface area contributed by atoms with Crippen molar-refractivity contribution in [2.75, 3.05) is 4.90 Å². The fourth-order valence-corrected chi connectivity index (χ4v) is 10.9. The molecule has 6 aromatic carbocycles. The molecule has 3 heteroatoms. The number of nitrogens with two attached hydrogens (primary N) is 2. The normalized spacial score (nSPS) is 24.9. The summed E-state index contributed by atoms with van der Waals surface area (Å²) in [5.41, 5.74) is 26.0. The molecule has 11 rings (SSSR count). The van der Waals surface area contributed by atoms with E-state index in [-0.39, 0.29) is 5.41 Å². The Kier molecular flexibility index (Phi) is 6.99. The Morgan fingerprint density at radius 3 is 1.96 bits per heavy atom. The number of hydrogen-bond acceptors (Lipinski definition) is 3. The predicted octanol–water partition coefficient (Wildman–Crippen LogP) is 11.3. The minimum Gasteiger partial charge on any atom is -0.398 e. The average molecular weight is 662 g/mol. The van der Waals surface area contributed by atoms with Crippen LogP contribution in [0.25, 0.3) is 33.3 Å². The van der Waals surface area contributed by atoms with E-state index in [1.54, 1.807) is 5.56 Å². The SMILES string of the molecule is N/C(=C\C=C(/N)c1cccc2ccccc12)c1ccc(-c2ccc3c(c2)N(c2ccccc2)c2ccccc2C32C3CC4CC(C3)CC2C4)cc1. The van der Waals surface area contributed by atoms with Crippen molar-refractivity contribution in [2.24, 2.45) is 35.1 Å². The average Bonchev–Trinajstić information content (AvgIpc) is 3.18. The topological polar surface area (TPSA) is 55.3 Å². The van der Waals surface area contributed by atoms with Crippen LogP contribution in [0.15, 0.2) is 152 Å². The van der Waals surface area contributed by atoms with E-state index < -0.39 is 0 Å². The number of benzene rings is 6. The maximum Gasteiger partial charge on any atom is 0.0509 e. The summed E-state index contributed by atoms with van der Waals surface area (Å²) in [5.74, 6) is 3.22. The molecule has 1 aliphatic heterocycles. The number of nitrogens with zero attached hydrogens (tertiary/aromatic N) is 1. The van der Waals surface area contributed by atoms with Crippen molar-refractivity contribution in [1.82, 2.24) is 0 Å². The van der Waals surface area contributed by atoms with Gasteiger partial charge < -0.3 is 16.4 Å². The fraction of sp³-hybridized carbons (Fsp3) is 0.208. The summed E-state index contributed by atoms with van der Waals surface area (Å²) in [6.07, 6.45) is 10.8. The Hall–Kier alpha value is -5.54. The Balaban J connectivity index is 1.03. The summed E-state index contributed by atoms with van der Waals surface area (Å²) in [4.78, 5) is 2.53. The number of hydrogen-bond donors (Lipinski definition) is 2. The van der Waals surface area contributed by atoms with Crippen molar-refractivity contribution in [3.8, 4) is 11.1 Å². The first-order valence-corrected chi connectivity index (χ1v) is 18.7. The summed E-state index contributed by atoms with van der Waals surface area (Å²) in [6, 6.07) is 50.9. The van der Waals surface area contributed by atoms with Crippen molar-refractivity contribution in [2.45, 2.75) is 37.5 Å². The molecule has 4 N–H and O–H groups in total.